The summed E-state index contributed by atoms with van der Waals surface area (Å²) >= 11 is 7.90. The summed E-state index contributed by atoms with van der Waals surface area (Å²) in [5.74, 6) is 1.37. The molecule has 0 aliphatic carbocycles. The lowest BCUT2D eigenvalue weighted by molar-refractivity contribution is 0.251. The van der Waals surface area contributed by atoms with Crippen LogP contribution in [0.3, 0.4) is 0 Å². The van der Waals surface area contributed by atoms with E-state index in [0.29, 0.717) is 10.8 Å². The second-order valence-corrected chi connectivity index (χ2v) is 9.00. The smallest absolute Gasteiger partial charge is 0.319 e. The predicted molar refractivity (Wildman–Crippen MR) is 134 cm³/mol. The number of anilines is 1. The molecule has 0 atom stereocenters. The Morgan fingerprint density at radius 2 is 1.82 bits per heavy atom. The lowest BCUT2D eigenvalue weighted by Crippen LogP contribution is -2.29. The number of rotatable bonds is 7. The zero-order valence-electron chi connectivity index (χ0n) is 18.4. The molecule has 1 heterocycles. The van der Waals surface area contributed by atoms with E-state index in [2.05, 4.69) is 52.0 Å². The van der Waals surface area contributed by atoms with Gasteiger partial charge in [0.15, 0.2) is 11.0 Å². The maximum atomic E-state index is 12.4. The zero-order valence-corrected chi connectivity index (χ0v) is 20.0. The molecule has 0 fully saturated rings. The lowest BCUT2D eigenvalue weighted by atomic mass is 10.2. The fraction of sp³-hybridized carbons (Fsp3) is 0.160. The highest BCUT2D eigenvalue weighted by atomic mass is 35.5. The molecule has 0 aliphatic heterocycles. The number of aryl methyl sites for hydroxylation is 2. The van der Waals surface area contributed by atoms with Crippen molar-refractivity contribution in [1.29, 1.82) is 0 Å². The number of urea groups is 1. The van der Waals surface area contributed by atoms with Crippen LogP contribution in [0.5, 0.6) is 0 Å². The molecule has 4 aromatic rings. The fourth-order valence-electron chi connectivity index (χ4n) is 3.38. The number of carbonyl (C=O) groups excluding carboxylic acids is 1. The normalized spacial score (nSPS) is 10.8. The van der Waals surface area contributed by atoms with Gasteiger partial charge in [-0.25, -0.2) is 4.79 Å². The average Bonchev–Trinajstić information content (AvgIpc) is 3.21. The number of amides is 2. The minimum atomic E-state index is -0.312. The third-order valence-corrected chi connectivity index (χ3v) is 6.24. The van der Waals surface area contributed by atoms with Gasteiger partial charge in [0.25, 0.3) is 0 Å². The van der Waals surface area contributed by atoms with Gasteiger partial charge in [0.05, 0.1) is 12.2 Å². The van der Waals surface area contributed by atoms with E-state index in [9.17, 15) is 4.79 Å². The van der Waals surface area contributed by atoms with E-state index in [0.717, 1.165) is 27.8 Å². The first kappa shape index (κ1) is 22.9. The molecule has 8 heteroatoms. The van der Waals surface area contributed by atoms with Crippen molar-refractivity contribution in [1.82, 2.24) is 20.1 Å². The Balaban J connectivity index is 1.57. The number of thioether (sulfide) groups is 1. The Labute approximate surface area is 202 Å². The van der Waals surface area contributed by atoms with Gasteiger partial charge < -0.3 is 10.6 Å². The van der Waals surface area contributed by atoms with E-state index in [1.165, 1.54) is 11.1 Å². The Bertz CT molecular complexity index is 1260. The largest absolute Gasteiger partial charge is 0.331 e. The number of para-hydroxylation sites is 1. The van der Waals surface area contributed by atoms with Crippen LogP contribution in [0.15, 0.2) is 78.0 Å². The average molecular weight is 478 g/mol. The molecule has 0 bridgehead atoms. The molecule has 0 saturated carbocycles. The Morgan fingerprint density at radius 1 is 1.00 bits per heavy atom. The van der Waals surface area contributed by atoms with Crippen molar-refractivity contribution in [2.24, 2.45) is 0 Å². The molecule has 1 aromatic heterocycles. The number of hydrogen-bond donors (Lipinski definition) is 2. The maximum absolute atomic E-state index is 12.4. The van der Waals surface area contributed by atoms with E-state index in [4.69, 9.17) is 11.6 Å². The standard InChI is InChI=1S/C25H24ClN5OS/c1-17-7-6-8-19(13-17)16-33-25-30-29-23(31(25)22-14-20(26)12-11-18(22)2)15-27-24(32)28-21-9-4-3-5-10-21/h3-14H,15-16H2,1-2H3,(H2,27,28,32). The van der Waals surface area contributed by atoms with Crippen molar-refractivity contribution in [2.75, 3.05) is 5.32 Å². The van der Waals surface area contributed by atoms with Crippen LogP contribution in [0, 0.1) is 13.8 Å². The van der Waals surface area contributed by atoms with Crippen LogP contribution in [0.1, 0.15) is 22.5 Å². The number of nitrogens with one attached hydrogen (secondary N) is 2. The van der Waals surface area contributed by atoms with E-state index in [-0.39, 0.29) is 12.6 Å². The molecule has 0 aliphatic rings. The molecule has 0 spiro atoms. The number of aromatic nitrogens is 3. The highest BCUT2D eigenvalue weighted by Crippen LogP contribution is 2.28. The van der Waals surface area contributed by atoms with Gasteiger partial charge in [0.2, 0.25) is 0 Å². The van der Waals surface area contributed by atoms with Crippen molar-refractivity contribution in [3.8, 4) is 5.69 Å². The van der Waals surface area contributed by atoms with Crippen LogP contribution in [-0.4, -0.2) is 20.8 Å². The van der Waals surface area contributed by atoms with Gasteiger partial charge in [-0.15, -0.1) is 10.2 Å². The Kier molecular flexibility index (Phi) is 7.32. The molecule has 6 nitrogen and oxygen atoms in total. The van der Waals surface area contributed by atoms with E-state index in [1.807, 2.05) is 60.0 Å². The third-order valence-electron chi connectivity index (χ3n) is 5.00. The zero-order chi connectivity index (χ0) is 23.2. The molecule has 0 unspecified atom stereocenters. The van der Waals surface area contributed by atoms with E-state index in [1.54, 1.807) is 11.8 Å². The fourth-order valence-corrected chi connectivity index (χ4v) is 4.45. The molecule has 2 N–H and O–H groups in total. The minimum Gasteiger partial charge on any atom is -0.331 e. The molecule has 2 amide bonds. The van der Waals surface area contributed by atoms with Gasteiger partial charge in [-0.1, -0.05) is 77.5 Å². The van der Waals surface area contributed by atoms with Gasteiger partial charge in [-0.2, -0.15) is 0 Å². The van der Waals surface area contributed by atoms with Crippen LogP contribution < -0.4 is 10.6 Å². The maximum Gasteiger partial charge on any atom is 0.319 e. The van der Waals surface area contributed by atoms with Gasteiger partial charge in [0, 0.05) is 16.5 Å². The molecule has 0 saturated heterocycles. The van der Waals surface area contributed by atoms with Gasteiger partial charge in [-0.05, 0) is 49.2 Å². The van der Waals surface area contributed by atoms with Crippen molar-refractivity contribution >= 4 is 35.1 Å². The quantitative estimate of drug-likeness (QED) is 0.313. The van der Waals surface area contributed by atoms with Crippen molar-refractivity contribution in [2.45, 2.75) is 31.3 Å². The van der Waals surface area contributed by atoms with E-state index < -0.39 is 0 Å². The first-order valence-corrected chi connectivity index (χ1v) is 11.8. The number of hydrogen-bond acceptors (Lipinski definition) is 4. The molecule has 3 aromatic carbocycles. The van der Waals surface area contributed by atoms with Crippen molar-refractivity contribution in [3.63, 3.8) is 0 Å². The van der Waals surface area contributed by atoms with Crippen LogP contribution in [0.2, 0.25) is 5.02 Å². The second kappa shape index (κ2) is 10.6. The van der Waals surface area contributed by atoms with Crippen molar-refractivity contribution < 1.29 is 4.79 Å². The van der Waals surface area contributed by atoms with Crippen molar-refractivity contribution in [3.05, 3.63) is 100 Å². The Hall–Kier alpha value is -3.29. The molecule has 168 valence electrons. The van der Waals surface area contributed by atoms with Gasteiger partial charge in [-0.3, -0.25) is 4.57 Å². The number of benzene rings is 3. The van der Waals surface area contributed by atoms with Crippen LogP contribution in [0.4, 0.5) is 10.5 Å². The predicted octanol–water partition coefficient (Wildman–Crippen LogP) is 6.15. The summed E-state index contributed by atoms with van der Waals surface area (Å²) in [6.07, 6.45) is 0. The third kappa shape index (κ3) is 5.94. The topological polar surface area (TPSA) is 71.8 Å². The molecule has 33 heavy (non-hydrogen) atoms. The SMILES string of the molecule is Cc1cccc(CSc2nnc(CNC(=O)Nc3ccccc3)n2-c2cc(Cl)ccc2C)c1. The molecule has 0 radical (unpaired) electrons. The number of nitrogens with zero attached hydrogens (tertiary/aromatic N) is 3. The number of carbonyl (C=O) groups is 1. The summed E-state index contributed by atoms with van der Waals surface area (Å²) < 4.78 is 1.96. The second-order valence-electron chi connectivity index (χ2n) is 7.62. The summed E-state index contributed by atoms with van der Waals surface area (Å²) in [4.78, 5) is 12.4. The summed E-state index contributed by atoms with van der Waals surface area (Å²) in [5.41, 5.74) is 5.07. The summed E-state index contributed by atoms with van der Waals surface area (Å²) in [5, 5.41) is 15.9. The summed E-state index contributed by atoms with van der Waals surface area (Å²) in [6.45, 7) is 4.30. The Morgan fingerprint density at radius 3 is 2.61 bits per heavy atom. The molecule has 4 rings (SSSR count). The molecular formula is C25H24ClN5OS. The highest BCUT2D eigenvalue weighted by molar-refractivity contribution is 7.98. The first-order chi connectivity index (χ1) is 16.0. The molecular weight excluding hydrogens is 454 g/mol. The van der Waals surface area contributed by atoms with E-state index >= 15 is 0 Å². The van der Waals surface area contributed by atoms with Gasteiger partial charge in [0.1, 0.15) is 0 Å². The summed E-state index contributed by atoms with van der Waals surface area (Å²) in [7, 11) is 0. The van der Waals surface area contributed by atoms with Crippen LogP contribution in [-0.2, 0) is 12.3 Å². The number of halogens is 1. The highest BCUT2D eigenvalue weighted by Gasteiger charge is 2.17. The summed E-state index contributed by atoms with van der Waals surface area (Å²) in [6, 6.07) is 23.1. The first-order valence-electron chi connectivity index (χ1n) is 10.5. The monoisotopic (exact) mass is 477 g/mol. The van der Waals surface area contributed by atoms with Gasteiger partial charge >= 0.3 is 6.03 Å². The minimum absolute atomic E-state index is 0.211. The lowest BCUT2D eigenvalue weighted by Gasteiger charge is -2.14. The van der Waals surface area contributed by atoms with Crippen LogP contribution in [0.25, 0.3) is 5.69 Å². The van der Waals surface area contributed by atoms with Crippen LogP contribution >= 0.6 is 23.4 Å².